The van der Waals surface area contributed by atoms with Crippen LogP contribution in [-0.2, 0) is 0 Å². The van der Waals surface area contributed by atoms with E-state index in [1.807, 2.05) is 0 Å². The van der Waals surface area contributed by atoms with Gasteiger partial charge in [-0.1, -0.05) is 11.6 Å². The molecule has 5 nitrogen and oxygen atoms in total. The molecule has 2 heterocycles. The smallest absolute Gasteiger partial charge is 0.346 e. The van der Waals surface area contributed by atoms with Gasteiger partial charge in [0.1, 0.15) is 10.6 Å². The van der Waals surface area contributed by atoms with Crippen molar-refractivity contribution in [1.29, 1.82) is 0 Å². The minimum Gasteiger partial charge on any atom is -0.477 e. The van der Waals surface area contributed by atoms with Crippen LogP contribution in [0.3, 0.4) is 0 Å². The predicted molar refractivity (Wildman–Crippen MR) is 58.4 cm³/mol. The normalized spacial score (nSPS) is 10.1. The third-order valence-corrected chi connectivity index (χ3v) is 2.67. The number of ether oxygens (including phenoxy) is 1. The average molecular weight is 257 g/mol. The summed E-state index contributed by atoms with van der Waals surface area (Å²) in [7, 11) is 0. The number of hydrogen-bond acceptors (Lipinski definition) is 5. The molecule has 0 atom stereocenters. The molecule has 0 bridgehead atoms. The molecule has 0 amide bonds. The van der Waals surface area contributed by atoms with E-state index in [4.69, 9.17) is 21.4 Å². The molecule has 0 fully saturated rings. The van der Waals surface area contributed by atoms with Crippen LogP contribution in [0.15, 0.2) is 23.8 Å². The zero-order valence-electron chi connectivity index (χ0n) is 7.75. The molecular formula is C9H5ClN2O3S. The average Bonchev–Trinajstić information content (AvgIpc) is 2.66. The predicted octanol–water partition coefficient (Wildman–Crippen LogP) is 2.68. The Kier molecular flexibility index (Phi) is 3.02. The Morgan fingerprint density at radius 1 is 1.50 bits per heavy atom. The first kappa shape index (κ1) is 10.8. The second-order valence-corrected chi connectivity index (χ2v) is 4.03. The lowest BCUT2D eigenvalue weighted by molar-refractivity contribution is 0.0702. The molecule has 0 aliphatic heterocycles. The van der Waals surface area contributed by atoms with E-state index in [1.165, 1.54) is 18.5 Å². The van der Waals surface area contributed by atoms with E-state index in [0.717, 1.165) is 11.3 Å². The van der Waals surface area contributed by atoms with Gasteiger partial charge in [-0.3, -0.25) is 4.98 Å². The van der Waals surface area contributed by atoms with Crippen LogP contribution in [0.5, 0.6) is 11.6 Å². The van der Waals surface area contributed by atoms with E-state index in [1.54, 1.807) is 5.38 Å². The maximum absolute atomic E-state index is 10.6. The lowest BCUT2D eigenvalue weighted by Gasteiger charge is -2.00. The van der Waals surface area contributed by atoms with Crippen molar-refractivity contribution in [2.45, 2.75) is 0 Å². The number of aromatic nitrogens is 2. The monoisotopic (exact) mass is 256 g/mol. The molecule has 7 heteroatoms. The fraction of sp³-hybridized carbons (Fsp3) is 0. The highest BCUT2D eigenvalue weighted by molar-refractivity contribution is 7.12. The van der Waals surface area contributed by atoms with Crippen molar-refractivity contribution in [3.8, 4) is 11.6 Å². The van der Waals surface area contributed by atoms with Gasteiger partial charge >= 0.3 is 5.97 Å². The van der Waals surface area contributed by atoms with Gasteiger partial charge in [0.05, 0.1) is 12.4 Å². The lowest BCUT2D eigenvalue weighted by atomic mass is 10.4. The fourth-order valence-electron chi connectivity index (χ4n) is 0.980. The van der Waals surface area contributed by atoms with E-state index in [9.17, 15) is 4.79 Å². The van der Waals surface area contributed by atoms with Gasteiger partial charge in [0, 0.05) is 11.4 Å². The van der Waals surface area contributed by atoms with Crippen molar-refractivity contribution in [1.82, 2.24) is 9.97 Å². The second kappa shape index (κ2) is 4.46. The number of carboxylic acids is 1. The number of carbonyl (C=O) groups is 1. The van der Waals surface area contributed by atoms with Crippen LogP contribution < -0.4 is 4.74 Å². The zero-order valence-corrected chi connectivity index (χ0v) is 9.33. The Morgan fingerprint density at radius 3 is 2.94 bits per heavy atom. The first-order chi connectivity index (χ1) is 7.65. The summed E-state index contributed by atoms with van der Waals surface area (Å²) in [6.45, 7) is 0. The SMILES string of the molecule is O=C(O)c1cc(Oc2cncc(Cl)n2)cs1. The Labute approximate surface area is 99.3 Å². The summed E-state index contributed by atoms with van der Waals surface area (Å²) in [4.78, 5) is 18.5. The van der Waals surface area contributed by atoms with Gasteiger partial charge in [-0.15, -0.1) is 11.3 Å². The van der Waals surface area contributed by atoms with Crippen LogP contribution >= 0.6 is 22.9 Å². The molecule has 0 aromatic carbocycles. The lowest BCUT2D eigenvalue weighted by Crippen LogP contribution is -1.91. The van der Waals surface area contributed by atoms with Crippen LogP contribution in [-0.4, -0.2) is 21.0 Å². The topological polar surface area (TPSA) is 72.3 Å². The summed E-state index contributed by atoms with van der Waals surface area (Å²) in [5.74, 6) is -0.363. The van der Waals surface area contributed by atoms with Crippen LogP contribution in [0, 0.1) is 0 Å². The Hall–Kier alpha value is -1.66. The molecule has 0 saturated heterocycles. The van der Waals surface area contributed by atoms with Crippen molar-refractivity contribution in [3.05, 3.63) is 33.9 Å². The number of thiophene rings is 1. The number of halogens is 1. The minimum atomic E-state index is -0.989. The maximum Gasteiger partial charge on any atom is 0.346 e. The highest BCUT2D eigenvalue weighted by Gasteiger charge is 2.08. The first-order valence-electron chi connectivity index (χ1n) is 4.12. The molecule has 0 radical (unpaired) electrons. The number of rotatable bonds is 3. The Morgan fingerprint density at radius 2 is 2.31 bits per heavy atom. The fourth-order valence-corrected chi connectivity index (χ4v) is 1.76. The number of nitrogens with zero attached hydrogens (tertiary/aromatic N) is 2. The van der Waals surface area contributed by atoms with Crippen molar-refractivity contribution in [2.24, 2.45) is 0 Å². The van der Waals surface area contributed by atoms with Gasteiger partial charge in [0.2, 0.25) is 5.88 Å². The van der Waals surface area contributed by atoms with Crippen molar-refractivity contribution in [3.63, 3.8) is 0 Å². The second-order valence-electron chi connectivity index (χ2n) is 2.73. The van der Waals surface area contributed by atoms with Gasteiger partial charge in [0.15, 0.2) is 5.15 Å². The molecule has 0 unspecified atom stereocenters. The molecule has 82 valence electrons. The number of aromatic carboxylic acids is 1. The number of carboxylic acid groups (broad SMARTS) is 1. The van der Waals surface area contributed by atoms with E-state index >= 15 is 0 Å². The summed E-state index contributed by atoms with van der Waals surface area (Å²) in [5.41, 5.74) is 0. The van der Waals surface area contributed by atoms with E-state index < -0.39 is 5.97 Å². The molecule has 0 spiro atoms. The van der Waals surface area contributed by atoms with Gasteiger partial charge in [-0.05, 0) is 0 Å². The molecule has 2 aromatic rings. The standard InChI is InChI=1S/C9H5ClN2O3S/c10-7-2-11-3-8(12-7)15-5-1-6(9(13)14)16-4-5/h1-4H,(H,13,14). The highest BCUT2D eigenvalue weighted by Crippen LogP contribution is 2.25. The summed E-state index contributed by atoms with van der Waals surface area (Å²) >= 11 is 6.70. The van der Waals surface area contributed by atoms with Crippen LogP contribution in [0.2, 0.25) is 5.15 Å². The van der Waals surface area contributed by atoms with Gasteiger partial charge < -0.3 is 9.84 Å². The molecule has 0 aliphatic rings. The maximum atomic E-state index is 10.6. The first-order valence-corrected chi connectivity index (χ1v) is 5.38. The largest absolute Gasteiger partial charge is 0.477 e. The van der Waals surface area contributed by atoms with E-state index in [-0.39, 0.29) is 15.9 Å². The number of hydrogen-bond donors (Lipinski definition) is 1. The minimum absolute atomic E-state index is 0.199. The van der Waals surface area contributed by atoms with Crippen LogP contribution in [0.1, 0.15) is 9.67 Å². The molecule has 0 aliphatic carbocycles. The molecule has 2 aromatic heterocycles. The highest BCUT2D eigenvalue weighted by atomic mass is 35.5. The third-order valence-electron chi connectivity index (χ3n) is 1.59. The molecular weight excluding hydrogens is 252 g/mol. The molecule has 0 saturated carbocycles. The van der Waals surface area contributed by atoms with Gasteiger partial charge in [0.25, 0.3) is 0 Å². The zero-order chi connectivity index (χ0) is 11.5. The molecule has 1 N–H and O–H groups in total. The summed E-state index contributed by atoms with van der Waals surface area (Å²) in [6, 6.07) is 1.41. The third kappa shape index (κ3) is 2.47. The summed E-state index contributed by atoms with van der Waals surface area (Å²) in [5, 5.41) is 10.5. The van der Waals surface area contributed by atoms with E-state index in [0.29, 0.717) is 5.75 Å². The van der Waals surface area contributed by atoms with Crippen molar-refractivity contribution >= 4 is 28.9 Å². The van der Waals surface area contributed by atoms with Crippen LogP contribution in [0.4, 0.5) is 0 Å². The van der Waals surface area contributed by atoms with Crippen molar-refractivity contribution in [2.75, 3.05) is 0 Å². The molecule has 2 rings (SSSR count). The Bertz CT molecular complexity index is 529. The van der Waals surface area contributed by atoms with E-state index in [2.05, 4.69) is 9.97 Å². The van der Waals surface area contributed by atoms with Crippen molar-refractivity contribution < 1.29 is 14.6 Å². The van der Waals surface area contributed by atoms with Gasteiger partial charge in [-0.25, -0.2) is 4.79 Å². The molecule has 16 heavy (non-hydrogen) atoms. The summed E-state index contributed by atoms with van der Waals surface area (Å²) in [6.07, 6.45) is 2.77. The quantitative estimate of drug-likeness (QED) is 0.914. The Balaban J connectivity index is 2.17. The van der Waals surface area contributed by atoms with Crippen LogP contribution in [0.25, 0.3) is 0 Å². The summed E-state index contributed by atoms with van der Waals surface area (Å²) < 4.78 is 5.28. The van der Waals surface area contributed by atoms with Gasteiger partial charge in [-0.2, -0.15) is 4.98 Å².